The molecule has 0 saturated carbocycles. The van der Waals surface area contributed by atoms with E-state index in [1.54, 1.807) is 6.07 Å². The highest BCUT2D eigenvalue weighted by atomic mass is 79.9. The predicted octanol–water partition coefficient (Wildman–Crippen LogP) is 3.00. The third-order valence-corrected chi connectivity index (χ3v) is 5.16. The number of halogens is 2. The fraction of sp³-hybridized carbons (Fsp3) is 0.0833. The number of hydrogen-bond donors (Lipinski definition) is 3. The highest BCUT2D eigenvalue weighted by Gasteiger charge is 2.22. The van der Waals surface area contributed by atoms with E-state index in [1.807, 2.05) is 19.1 Å². The molecule has 0 aliphatic carbocycles. The van der Waals surface area contributed by atoms with Crippen molar-refractivity contribution in [3.63, 3.8) is 0 Å². The van der Waals surface area contributed by atoms with Crippen molar-refractivity contribution >= 4 is 53.3 Å². The first kappa shape index (κ1) is 16.2. The number of aromatic nitrogens is 1. The molecule has 4 N–H and O–H groups in total. The van der Waals surface area contributed by atoms with Crippen molar-refractivity contribution in [2.75, 3.05) is 10.1 Å². The van der Waals surface area contributed by atoms with Gasteiger partial charge in [-0.1, -0.05) is 0 Å². The summed E-state index contributed by atoms with van der Waals surface area (Å²) < 4.78 is 28.7. The summed E-state index contributed by atoms with van der Waals surface area (Å²) in [6.07, 6.45) is 1.38. The molecule has 0 aliphatic rings. The number of hydrazine groups is 1. The van der Waals surface area contributed by atoms with Gasteiger partial charge in [-0.15, -0.1) is 0 Å². The minimum atomic E-state index is -3.88. The number of pyridine rings is 1. The van der Waals surface area contributed by atoms with E-state index in [1.165, 1.54) is 12.3 Å². The number of rotatable bonds is 4. The van der Waals surface area contributed by atoms with Crippen LogP contribution in [0.25, 0.3) is 0 Å². The summed E-state index contributed by atoms with van der Waals surface area (Å²) >= 11 is 6.68. The molecular formula is C12H12Br2N4O2S. The van der Waals surface area contributed by atoms with Gasteiger partial charge in [-0.05, 0) is 68.6 Å². The number of anilines is 2. The molecule has 1 aromatic heterocycles. The molecule has 2 aromatic rings. The number of benzene rings is 1. The number of nitrogens with one attached hydrogen (secondary N) is 2. The lowest BCUT2D eigenvalue weighted by atomic mass is 10.2. The Morgan fingerprint density at radius 1 is 1.24 bits per heavy atom. The topological polar surface area (TPSA) is 97.1 Å². The first-order valence-electron chi connectivity index (χ1n) is 5.75. The highest BCUT2D eigenvalue weighted by Crippen LogP contribution is 2.34. The Labute approximate surface area is 139 Å². The van der Waals surface area contributed by atoms with Gasteiger partial charge in [0, 0.05) is 15.1 Å². The molecule has 2 rings (SSSR count). The largest absolute Gasteiger partial charge is 0.321 e. The van der Waals surface area contributed by atoms with E-state index in [0.717, 1.165) is 5.56 Å². The van der Waals surface area contributed by atoms with E-state index in [0.29, 0.717) is 14.6 Å². The van der Waals surface area contributed by atoms with Crippen molar-refractivity contribution in [2.45, 2.75) is 11.9 Å². The van der Waals surface area contributed by atoms with Gasteiger partial charge in [0.15, 0.2) is 0 Å². The molecule has 0 unspecified atom stereocenters. The van der Waals surface area contributed by atoms with Crippen molar-refractivity contribution in [2.24, 2.45) is 5.84 Å². The smallest absolute Gasteiger partial charge is 0.281 e. The average molecular weight is 436 g/mol. The van der Waals surface area contributed by atoms with Crippen molar-refractivity contribution < 1.29 is 8.42 Å². The zero-order valence-electron chi connectivity index (χ0n) is 10.9. The van der Waals surface area contributed by atoms with Crippen molar-refractivity contribution in [3.8, 4) is 0 Å². The van der Waals surface area contributed by atoms with Gasteiger partial charge < -0.3 is 5.43 Å². The van der Waals surface area contributed by atoms with Crippen LogP contribution < -0.4 is 16.0 Å². The number of hydrogen-bond acceptors (Lipinski definition) is 5. The Hall–Kier alpha value is -1.16. The average Bonchev–Trinajstić information content (AvgIpc) is 2.43. The zero-order chi connectivity index (χ0) is 15.6. The van der Waals surface area contributed by atoms with Crippen LogP contribution in [0.4, 0.5) is 11.4 Å². The minimum absolute atomic E-state index is 0.174. The maximum absolute atomic E-state index is 12.5. The molecule has 0 saturated heterocycles. The summed E-state index contributed by atoms with van der Waals surface area (Å²) in [4.78, 5) is 3.87. The standard InChI is InChI=1S/C12H12Br2N4O2S/c1-7-5-8(13)11(9(14)6-7)18-21(19,20)12-10(17-15)3-2-4-16-12/h2-6,17-18H,15H2,1H3. The van der Waals surface area contributed by atoms with Gasteiger partial charge in [0.1, 0.15) is 0 Å². The number of nitrogens with two attached hydrogens (primary N) is 1. The molecule has 1 heterocycles. The molecule has 1 aromatic carbocycles. The van der Waals surface area contributed by atoms with Crippen LogP contribution in [-0.2, 0) is 10.0 Å². The summed E-state index contributed by atoms with van der Waals surface area (Å²) in [5.74, 6) is 5.32. The van der Waals surface area contributed by atoms with E-state index in [4.69, 9.17) is 5.84 Å². The molecular weight excluding hydrogens is 424 g/mol. The number of nitrogen functional groups attached to an aromatic ring is 1. The van der Waals surface area contributed by atoms with Crippen LogP contribution in [-0.4, -0.2) is 13.4 Å². The second kappa shape index (κ2) is 6.30. The van der Waals surface area contributed by atoms with Gasteiger partial charge >= 0.3 is 0 Å². The summed E-state index contributed by atoms with van der Waals surface area (Å²) in [6, 6.07) is 6.74. The van der Waals surface area contributed by atoms with Crippen LogP contribution in [0.5, 0.6) is 0 Å². The Balaban J connectivity index is 2.48. The third kappa shape index (κ3) is 3.54. The second-order valence-corrected chi connectivity index (χ2v) is 7.52. The van der Waals surface area contributed by atoms with Crippen LogP contribution in [0.3, 0.4) is 0 Å². The molecule has 0 aliphatic heterocycles. The minimum Gasteiger partial charge on any atom is -0.321 e. The van der Waals surface area contributed by atoms with Gasteiger partial charge in [-0.3, -0.25) is 10.6 Å². The van der Waals surface area contributed by atoms with E-state index in [-0.39, 0.29) is 10.7 Å². The Morgan fingerprint density at radius 2 is 1.86 bits per heavy atom. The number of nitrogens with zero attached hydrogens (tertiary/aromatic N) is 1. The van der Waals surface area contributed by atoms with Crippen molar-refractivity contribution in [1.29, 1.82) is 0 Å². The fourth-order valence-corrected chi connectivity index (χ4v) is 4.77. The van der Waals surface area contributed by atoms with E-state index in [2.05, 4.69) is 47.0 Å². The Kier molecular flexibility index (Phi) is 4.87. The van der Waals surface area contributed by atoms with E-state index < -0.39 is 10.0 Å². The monoisotopic (exact) mass is 434 g/mol. The maximum atomic E-state index is 12.5. The molecule has 0 bridgehead atoms. The molecule has 0 radical (unpaired) electrons. The lowest BCUT2D eigenvalue weighted by Crippen LogP contribution is -2.19. The Bertz CT molecular complexity index is 758. The zero-order valence-corrected chi connectivity index (χ0v) is 14.9. The third-order valence-electron chi connectivity index (χ3n) is 2.60. The predicted molar refractivity (Wildman–Crippen MR) is 89.4 cm³/mol. The first-order chi connectivity index (χ1) is 9.85. The summed E-state index contributed by atoms with van der Waals surface area (Å²) in [5.41, 5.74) is 3.92. The van der Waals surface area contributed by atoms with Crippen LogP contribution in [0.1, 0.15) is 5.56 Å². The van der Waals surface area contributed by atoms with Gasteiger partial charge in [-0.25, -0.2) is 4.98 Å². The molecule has 0 atom stereocenters. The molecule has 0 spiro atoms. The van der Waals surface area contributed by atoms with E-state index in [9.17, 15) is 8.42 Å². The summed E-state index contributed by atoms with van der Waals surface area (Å²) in [7, 11) is -3.88. The summed E-state index contributed by atoms with van der Waals surface area (Å²) in [5, 5.41) is -0.174. The van der Waals surface area contributed by atoms with Crippen LogP contribution in [0.2, 0.25) is 0 Å². The van der Waals surface area contributed by atoms with Crippen LogP contribution in [0, 0.1) is 6.92 Å². The van der Waals surface area contributed by atoms with Crippen LogP contribution >= 0.6 is 31.9 Å². The van der Waals surface area contributed by atoms with Gasteiger partial charge in [0.05, 0.1) is 11.4 Å². The normalized spacial score (nSPS) is 11.2. The number of aryl methyl sites for hydroxylation is 1. The quantitative estimate of drug-likeness (QED) is 0.506. The lowest BCUT2D eigenvalue weighted by Gasteiger charge is -2.13. The first-order valence-corrected chi connectivity index (χ1v) is 8.82. The van der Waals surface area contributed by atoms with Gasteiger partial charge in [0.25, 0.3) is 10.0 Å². The molecule has 9 heteroatoms. The van der Waals surface area contributed by atoms with Gasteiger partial charge in [0.2, 0.25) is 5.03 Å². The SMILES string of the molecule is Cc1cc(Br)c(NS(=O)(=O)c2ncccc2NN)c(Br)c1. The molecule has 0 fully saturated rings. The molecule has 21 heavy (non-hydrogen) atoms. The molecule has 0 amide bonds. The van der Waals surface area contributed by atoms with Crippen molar-refractivity contribution in [3.05, 3.63) is 45.0 Å². The molecule has 112 valence electrons. The molecule has 6 nitrogen and oxygen atoms in total. The Morgan fingerprint density at radius 3 is 2.43 bits per heavy atom. The van der Waals surface area contributed by atoms with Gasteiger partial charge in [-0.2, -0.15) is 8.42 Å². The second-order valence-electron chi connectivity index (χ2n) is 4.21. The van der Waals surface area contributed by atoms with Crippen molar-refractivity contribution in [1.82, 2.24) is 4.98 Å². The highest BCUT2D eigenvalue weighted by molar-refractivity contribution is 9.11. The maximum Gasteiger partial charge on any atom is 0.281 e. The lowest BCUT2D eigenvalue weighted by molar-refractivity contribution is 0.598. The van der Waals surface area contributed by atoms with Crippen LogP contribution in [0.15, 0.2) is 44.4 Å². The fourth-order valence-electron chi connectivity index (χ4n) is 1.69. The number of sulfonamides is 1. The van der Waals surface area contributed by atoms with E-state index >= 15 is 0 Å². The summed E-state index contributed by atoms with van der Waals surface area (Å²) in [6.45, 7) is 1.91.